The molecule has 3 fully saturated rings. The number of hydrogen-bond acceptors (Lipinski definition) is 2. The van der Waals surface area contributed by atoms with Crippen molar-refractivity contribution in [2.45, 2.75) is 65.3 Å². The molecule has 0 amide bonds. The third-order valence-electron chi connectivity index (χ3n) is 7.26. The fraction of sp³-hybridized carbons (Fsp3) is 0.789. The van der Waals surface area contributed by atoms with Gasteiger partial charge in [0, 0.05) is 11.4 Å². The summed E-state index contributed by atoms with van der Waals surface area (Å²) < 4.78 is 0. The minimum atomic E-state index is 0. The van der Waals surface area contributed by atoms with E-state index in [0.29, 0.717) is 10.8 Å². The van der Waals surface area contributed by atoms with Crippen LogP contribution in [0.1, 0.15) is 69.2 Å². The third kappa shape index (κ3) is 2.56. The van der Waals surface area contributed by atoms with Crippen molar-refractivity contribution in [3.05, 3.63) is 21.9 Å². The monoisotopic (exact) mass is 339 g/mol. The Morgan fingerprint density at radius 3 is 2.59 bits per heavy atom. The van der Waals surface area contributed by atoms with Crippen molar-refractivity contribution in [2.75, 3.05) is 6.54 Å². The Hall–Kier alpha value is -0.0500. The van der Waals surface area contributed by atoms with Crippen LogP contribution in [-0.2, 0) is 6.54 Å². The molecular weight excluding hydrogens is 310 g/mol. The summed E-state index contributed by atoms with van der Waals surface area (Å²) in [6, 6.07) is 2.36. The van der Waals surface area contributed by atoms with Crippen molar-refractivity contribution < 1.29 is 0 Å². The average molecular weight is 340 g/mol. The maximum atomic E-state index is 3.80. The van der Waals surface area contributed by atoms with Gasteiger partial charge in [0.25, 0.3) is 0 Å². The Labute approximate surface area is 145 Å². The van der Waals surface area contributed by atoms with Crippen LogP contribution in [0.25, 0.3) is 0 Å². The average Bonchev–Trinajstić information content (AvgIpc) is 3.09. The zero-order valence-corrected chi connectivity index (χ0v) is 15.8. The zero-order valence-electron chi connectivity index (χ0n) is 14.2. The van der Waals surface area contributed by atoms with E-state index in [1.807, 2.05) is 11.3 Å². The quantitative estimate of drug-likeness (QED) is 0.736. The zero-order chi connectivity index (χ0) is 14.7. The molecule has 124 valence electrons. The molecule has 3 heteroatoms. The van der Waals surface area contributed by atoms with E-state index in [2.05, 4.69) is 37.5 Å². The second-order valence-corrected chi connectivity index (χ2v) is 9.60. The number of halogens is 1. The van der Waals surface area contributed by atoms with E-state index in [4.69, 9.17) is 0 Å². The largest absolute Gasteiger partial charge is 0.312 e. The molecule has 2 bridgehead atoms. The van der Waals surface area contributed by atoms with Crippen molar-refractivity contribution in [1.29, 1.82) is 0 Å². The van der Waals surface area contributed by atoms with Crippen molar-refractivity contribution in [3.63, 3.8) is 0 Å². The summed E-state index contributed by atoms with van der Waals surface area (Å²) in [7, 11) is 0. The molecule has 3 aliphatic rings. The molecule has 0 saturated heterocycles. The van der Waals surface area contributed by atoms with Crippen molar-refractivity contribution in [3.8, 4) is 0 Å². The maximum Gasteiger partial charge on any atom is 0.0302 e. The van der Waals surface area contributed by atoms with E-state index in [0.717, 1.165) is 24.3 Å². The topological polar surface area (TPSA) is 12.0 Å². The van der Waals surface area contributed by atoms with Crippen LogP contribution in [0.2, 0.25) is 0 Å². The molecule has 3 saturated carbocycles. The van der Waals surface area contributed by atoms with E-state index < -0.39 is 0 Å². The summed E-state index contributed by atoms with van der Waals surface area (Å²) in [5.41, 5.74) is 2.81. The molecule has 0 aromatic carbocycles. The van der Waals surface area contributed by atoms with Gasteiger partial charge in [0.15, 0.2) is 0 Å². The lowest BCUT2D eigenvalue weighted by atomic mass is 9.71. The lowest BCUT2D eigenvalue weighted by molar-refractivity contribution is 0.152. The highest BCUT2D eigenvalue weighted by atomic mass is 35.5. The molecule has 0 unspecified atom stereocenters. The minimum Gasteiger partial charge on any atom is -0.312 e. The first-order valence-electron chi connectivity index (χ1n) is 8.78. The van der Waals surface area contributed by atoms with Crippen LogP contribution in [-0.4, -0.2) is 6.54 Å². The predicted molar refractivity (Wildman–Crippen MR) is 98.0 cm³/mol. The summed E-state index contributed by atoms with van der Waals surface area (Å²) in [4.78, 5) is 1.60. The summed E-state index contributed by atoms with van der Waals surface area (Å²) in [6.07, 6.45) is 7.19. The second kappa shape index (κ2) is 5.79. The lowest BCUT2D eigenvalue weighted by Gasteiger charge is -2.34. The van der Waals surface area contributed by atoms with Crippen molar-refractivity contribution in [2.24, 2.45) is 22.7 Å². The molecule has 1 nitrogen and oxygen atoms in total. The molecule has 1 aromatic heterocycles. The smallest absolute Gasteiger partial charge is 0.0302 e. The van der Waals surface area contributed by atoms with Gasteiger partial charge >= 0.3 is 0 Å². The van der Waals surface area contributed by atoms with Gasteiger partial charge in [0.05, 0.1) is 0 Å². The van der Waals surface area contributed by atoms with Gasteiger partial charge in [0.2, 0.25) is 0 Å². The molecule has 1 heterocycles. The van der Waals surface area contributed by atoms with Crippen LogP contribution < -0.4 is 5.32 Å². The van der Waals surface area contributed by atoms with E-state index in [-0.39, 0.29) is 12.4 Å². The summed E-state index contributed by atoms with van der Waals surface area (Å²) in [5.74, 6) is 2.75. The van der Waals surface area contributed by atoms with E-state index >= 15 is 0 Å². The van der Waals surface area contributed by atoms with E-state index in [1.165, 1.54) is 38.6 Å². The highest BCUT2D eigenvalue weighted by Crippen LogP contribution is 2.67. The second-order valence-electron chi connectivity index (χ2n) is 8.60. The molecule has 0 aliphatic heterocycles. The Bertz CT molecular complexity index is 531. The van der Waals surface area contributed by atoms with Crippen LogP contribution in [0.15, 0.2) is 11.4 Å². The van der Waals surface area contributed by atoms with Gasteiger partial charge in [-0.15, -0.1) is 23.7 Å². The van der Waals surface area contributed by atoms with Gasteiger partial charge in [-0.2, -0.15) is 0 Å². The molecule has 4 rings (SSSR count). The van der Waals surface area contributed by atoms with Crippen molar-refractivity contribution >= 4 is 23.7 Å². The van der Waals surface area contributed by atoms with Crippen LogP contribution >= 0.6 is 23.7 Å². The maximum absolute atomic E-state index is 3.80. The Kier molecular flexibility index (Phi) is 4.42. The number of thiophene rings is 1. The molecular formula is C19H30ClNS. The lowest BCUT2D eigenvalue weighted by Crippen LogP contribution is -2.28. The highest BCUT2D eigenvalue weighted by molar-refractivity contribution is 7.10. The molecule has 1 N–H and O–H groups in total. The molecule has 22 heavy (non-hydrogen) atoms. The van der Waals surface area contributed by atoms with Gasteiger partial charge in [-0.1, -0.05) is 20.8 Å². The van der Waals surface area contributed by atoms with Crippen LogP contribution in [0.3, 0.4) is 0 Å². The Balaban J connectivity index is 0.00000144. The Morgan fingerprint density at radius 2 is 2.00 bits per heavy atom. The van der Waals surface area contributed by atoms with E-state index in [1.54, 1.807) is 10.4 Å². The molecule has 1 aromatic rings. The van der Waals surface area contributed by atoms with Gasteiger partial charge in [0.1, 0.15) is 0 Å². The minimum absolute atomic E-state index is 0. The number of rotatable bonds is 5. The molecule has 3 aliphatic carbocycles. The van der Waals surface area contributed by atoms with E-state index in [9.17, 15) is 0 Å². The number of hydrogen-bond donors (Lipinski definition) is 1. The SMILES string of the molecule is CC1(C)[C@@H]2CC[C@]1(C)C[C@@H]2CNCc1sccc1C1CC1.Cl. The first-order chi connectivity index (χ1) is 10.0. The van der Waals surface area contributed by atoms with Gasteiger partial charge in [-0.3, -0.25) is 0 Å². The first-order valence-corrected chi connectivity index (χ1v) is 9.66. The summed E-state index contributed by atoms with van der Waals surface area (Å²) in [5, 5.41) is 6.09. The molecule has 3 atom stereocenters. The standard InChI is InChI=1S/C19H29NS.ClH/c1-18(2)16-6-8-19(18,3)10-14(16)11-20-12-17-15(7-9-21-17)13-4-5-13;/h7,9,13-14,16,20H,4-6,8,10-12H2,1-3H3;1H/t14-,16-,19-;/m1./s1. The van der Waals surface area contributed by atoms with Gasteiger partial charge < -0.3 is 5.32 Å². The first kappa shape index (κ1) is 16.8. The fourth-order valence-corrected chi connectivity index (χ4v) is 6.29. The number of nitrogens with one attached hydrogen (secondary N) is 1. The molecule has 0 spiro atoms. The predicted octanol–water partition coefficient (Wildman–Crippen LogP) is 5.60. The third-order valence-corrected chi connectivity index (χ3v) is 8.20. The highest BCUT2D eigenvalue weighted by Gasteiger charge is 2.59. The van der Waals surface area contributed by atoms with Crippen LogP contribution in [0.5, 0.6) is 0 Å². The summed E-state index contributed by atoms with van der Waals surface area (Å²) >= 11 is 1.95. The van der Waals surface area contributed by atoms with Gasteiger partial charge in [-0.25, -0.2) is 0 Å². The van der Waals surface area contributed by atoms with Crippen LogP contribution in [0.4, 0.5) is 0 Å². The fourth-order valence-electron chi connectivity index (χ4n) is 5.35. The van der Waals surface area contributed by atoms with Crippen LogP contribution in [0, 0.1) is 22.7 Å². The normalized spacial score (nSPS) is 35.6. The summed E-state index contributed by atoms with van der Waals surface area (Å²) in [6.45, 7) is 9.91. The van der Waals surface area contributed by atoms with Crippen molar-refractivity contribution in [1.82, 2.24) is 5.32 Å². The number of fused-ring (bicyclic) bond motifs is 2. The molecule has 0 radical (unpaired) electrons. The van der Waals surface area contributed by atoms with Gasteiger partial charge in [-0.05, 0) is 84.2 Å². The Morgan fingerprint density at radius 1 is 1.23 bits per heavy atom.